The number of thiazole rings is 1. The van der Waals surface area contributed by atoms with Crippen LogP contribution in [0.5, 0.6) is 0 Å². The molecular formula is C21H21FN4O4S. The Bertz CT molecular complexity index is 1200. The number of hydrogen-bond donors (Lipinski definition) is 1. The maximum absolute atomic E-state index is 14.9. The number of carboxylic acids is 1. The molecule has 8 nitrogen and oxygen atoms in total. The summed E-state index contributed by atoms with van der Waals surface area (Å²) in [6, 6.07) is 2.74. The van der Waals surface area contributed by atoms with Gasteiger partial charge in [0.15, 0.2) is 5.01 Å². The third-order valence-electron chi connectivity index (χ3n) is 5.47. The normalized spacial score (nSPS) is 14.8. The topological polar surface area (TPSA) is 95.7 Å². The van der Waals surface area contributed by atoms with E-state index in [9.17, 15) is 23.9 Å². The monoisotopic (exact) mass is 444 g/mol. The van der Waals surface area contributed by atoms with Crippen LogP contribution in [0.4, 0.5) is 10.1 Å². The van der Waals surface area contributed by atoms with Crippen molar-refractivity contribution >= 4 is 39.7 Å². The summed E-state index contributed by atoms with van der Waals surface area (Å²) in [5, 5.41) is 11.6. The molecule has 1 N–H and O–H groups in total. The van der Waals surface area contributed by atoms with Crippen molar-refractivity contribution in [3.63, 3.8) is 0 Å². The van der Waals surface area contributed by atoms with Crippen molar-refractivity contribution < 1.29 is 19.1 Å². The molecule has 2 aromatic heterocycles. The molecule has 3 aromatic rings. The number of carboxylic acid groups (broad SMARTS) is 1. The minimum absolute atomic E-state index is 0.0264. The number of halogens is 1. The molecule has 1 aromatic carbocycles. The number of rotatable bonds is 6. The van der Waals surface area contributed by atoms with E-state index in [0.717, 1.165) is 6.07 Å². The number of piperazine rings is 1. The van der Waals surface area contributed by atoms with Crippen LogP contribution in [0.25, 0.3) is 10.9 Å². The van der Waals surface area contributed by atoms with Crippen molar-refractivity contribution in [2.45, 2.75) is 13.5 Å². The van der Waals surface area contributed by atoms with Crippen molar-refractivity contribution in [1.29, 1.82) is 0 Å². The van der Waals surface area contributed by atoms with E-state index in [0.29, 0.717) is 48.9 Å². The molecule has 0 amide bonds. The Morgan fingerprint density at radius 3 is 2.58 bits per heavy atom. The summed E-state index contributed by atoms with van der Waals surface area (Å²) >= 11 is 1.32. The highest BCUT2D eigenvalue weighted by atomic mass is 32.1. The SMILES string of the molecule is CCn1cc(C(=O)O)c(=O)c2cc(F)c(N3CCN(CC(=O)c4nccs4)CC3)cc21. The van der Waals surface area contributed by atoms with Crippen molar-refractivity contribution in [2.75, 3.05) is 37.6 Å². The van der Waals surface area contributed by atoms with E-state index in [1.807, 2.05) is 16.7 Å². The molecule has 0 radical (unpaired) electrons. The summed E-state index contributed by atoms with van der Waals surface area (Å²) in [6.45, 7) is 4.77. The number of carbonyl (C=O) groups is 2. The Morgan fingerprint density at radius 2 is 1.97 bits per heavy atom. The van der Waals surface area contributed by atoms with E-state index in [4.69, 9.17) is 0 Å². The second-order valence-electron chi connectivity index (χ2n) is 7.31. The fourth-order valence-corrected chi connectivity index (χ4v) is 4.40. The van der Waals surface area contributed by atoms with Gasteiger partial charge in [0.1, 0.15) is 11.4 Å². The van der Waals surface area contributed by atoms with Crippen molar-refractivity contribution in [2.24, 2.45) is 0 Å². The summed E-state index contributed by atoms with van der Waals surface area (Å²) in [5.41, 5.74) is -0.207. The van der Waals surface area contributed by atoms with Crippen LogP contribution >= 0.6 is 11.3 Å². The highest BCUT2D eigenvalue weighted by Gasteiger charge is 2.24. The lowest BCUT2D eigenvalue weighted by atomic mass is 10.1. The first-order valence-electron chi connectivity index (χ1n) is 9.89. The molecule has 3 heterocycles. The minimum Gasteiger partial charge on any atom is -0.477 e. The van der Waals surface area contributed by atoms with E-state index in [-0.39, 0.29) is 23.3 Å². The molecule has 0 unspecified atom stereocenters. The van der Waals surface area contributed by atoms with Crippen molar-refractivity contribution in [3.8, 4) is 0 Å². The molecule has 0 saturated carbocycles. The smallest absolute Gasteiger partial charge is 0.341 e. The summed E-state index contributed by atoms with van der Waals surface area (Å²) in [4.78, 5) is 44.1. The van der Waals surface area contributed by atoms with Crippen LogP contribution in [0.3, 0.4) is 0 Å². The zero-order valence-electron chi connectivity index (χ0n) is 16.9. The van der Waals surface area contributed by atoms with Gasteiger partial charge in [0.2, 0.25) is 11.2 Å². The fraction of sp³-hybridized carbons (Fsp3) is 0.333. The number of hydrogen-bond acceptors (Lipinski definition) is 7. The Hall–Kier alpha value is -3.11. The van der Waals surface area contributed by atoms with Crippen molar-refractivity contribution in [3.05, 3.63) is 56.5 Å². The molecule has 1 fully saturated rings. The Labute approximate surface area is 181 Å². The number of pyridine rings is 1. The maximum atomic E-state index is 14.9. The van der Waals surface area contributed by atoms with Crippen LogP contribution in [0.2, 0.25) is 0 Å². The largest absolute Gasteiger partial charge is 0.477 e. The first-order chi connectivity index (χ1) is 14.9. The number of aromatic carboxylic acids is 1. The minimum atomic E-state index is -1.33. The maximum Gasteiger partial charge on any atom is 0.341 e. The Morgan fingerprint density at radius 1 is 1.23 bits per heavy atom. The predicted octanol–water partition coefficient (Wildman–Crippen LogP) is 2.32. The standard InChI is InChI=1S/C21H21FN4O4S/c1-2-25-11-14(21(29)30)19(28)13-9-15(22)17(10-16(13)25)26-6-4-24(5-7-26)12-18(27)20-23-3-8-31-20/h3,8-11H,2,4-7,12H2,1H3,(H,29,30). The molecule has 0 aliphatic carbocycles. The van der Waals surface area contributed by atoms with Gasteiger partial charge in [0, 0.05) is 55.9 Å². The van der Waals surface area contributed by atoms with Gasteiger partial charge in [-0.15, -0.1) is 11.3 Å². The molecule has 0 spiro atoms. The average molecular weight is 444 g/mol. The summed E-state index contributed by atoms with van der Waals surface area (Å²) in [6.07, 6.45) is 2.91. The van der Waals surface area contributed by atoms with Gasteiger partial charge in [-0.25, -0.2) is 14.2 Å². The number of benzene rings is 1. The number of Topliss-reactive ketones (excluding diaryl/α,β-unsaturated/α-hetero) is 1. The van der Waals surface area contributed by atoms with E-state index in [2.05, 4.69) is 4.98 Å². The van der Waals surface area contributed by atoms with Crippen LogP contribution in [-0.4, -0.2) is 64.0 Å². The first-order valence-corrected chi connectivity index (χ1v) is 10.8. The molecule has 1 aliphatic rings. The predicted molar refractivity (Wildman–Crippen MR) is 116 cm³/mol. The van der Waals surface area contributed by atoms with Crippen LogP contribution in [0, 0.1) is 5.82 Å². The van der Waals surface area contributed by atoms with Crippen LogP contribution in [-0.2, 0) is 6.54 Å². The Balaban J connectivity index is 1.57. The molecule has 1 aliphatic heterocycles. The van der Waals surface area contributed by atoms with E-state index in [1.165, 1.54) is 17.5 Å². The van der Waals surface area contributed by atoms with Gasteiger partial charge in [-0.2, -0.15) is 0 Å². The Kier molecular flexibility index (Phi) is 5.84. The van der Waals surface area contributed by atoms with E-state index >= 15 is 0 Å². The zero-order chi connectivity index (χ0) is 22.1. The summed E-state index contributed by atoms with van der Waals surface area (Å²) in [7, 11) is 0. The lowest BCUT2D eigenvalue weighted by molar-refractivity contribution is 0.0694. The molecular weight excluding hydrogens is 423 g/mol. The number of fused-ring (bicyclic) bond motifs is 1. The van der Waals surface area contributed by atoms with Gasteiger partial charge in [0.25, 0.3) is 0 Å². The molecule has 1 saturated heterocycles. The molecule has 10 heteroatoms. The molecule has 162 valence electrons. The number of ketones is 1. The highest BCUT2D eigenvalue weighted by Crippen LogP contribution is 2.26. The second kappa shape index (κ2) is 8.56. The number of anilines is 1. The van der Waals surface area contributed by atoms with Gasteiger partial charge < -0.3 is 14.6 Å². The van der Waals surface area contributed by atoms with Crippen molar-refractivity contribution in [1.82, 2.24) is 14.5 Å². The number of aromatic nitrogens is 2. The molecule has 0 atom stereocenters. The van der Waals surface area contributed by atoms with Gasteiger partial charge in [-0.1, -0.05) is 0 Å². The molecule has 4 rings (SSSR count). The quantitative estimate of drug-likeness (QED) is 0.583. The highest BCUT2D eigenvalue weighted by molar-refractivity contribution is 7.11. The van der Waals surface area contributed by atoms with Gasteiger partial charge in [-0.05, 0) is 19.1 Å². The van der Waals surface area contributed by atoms with Gasteiger partial charge in [-0.3, -0.25) is 14.5 Å². The lowest BCUT2D eigenvalue weighted by Gasteiger charge is -2.36. The van der Waals surface area contributed by atoms with Gasteiger partial charge in [0.05, 0.1) is 17.7 Å². The van der Waals surface area contributed by atoms with Crippen LogP contribution in [0.1, 0.15) is 27.1 Å². The summed E-state index contributed by atoms with van der Waals surface area (Å²) < 4.78 is 16.6. The van der Waals surface area contributed by atoms with E-state index in [1.54, 1.807) is 22.2 Å². The third kappa shape index (κ3) is 4.08. The second-order valence-corrected chi connectivity index (χ2v) is 8.20. The van der Waals surface area contributed by atoms with Crippen LogP contribution in [0.15, 0.2) is 34.7 Å². The number of nitrogens with zero attached hydrogens (tertiary/aromatic N) is 4. The number of carbonyl (C=O) groups excluding carboxylic acids is 1. The van der Waals surface area contributed by atoms with Gasteiger partial charge >= 0.3 is 5.97 Å². The third-order valence-corrected chi connectivity index (χ3v) is 6.29. The molecule has 0 bridgehead atoms. The van der Waals surface area contributed by atoms with E-state index < -0.39 is 17.2 Å². The fourth-order valence-electron chi connectivity index (χ4n) is 3.83. The number of aryl methyl sites for hydroxylation is 1. The lowest BCUT2D eigenvalue weighted by Crippen LogP contribution is -2.48. The first kappa shape index (κ1) is 21.1. The summed E-state index contributed by atoms with van der Waals surface area (Å²) in [5.74, 6) is -1.93. The average Bonchev–Trinajstić information content (AvgIpc) is 3.30. The van der Waals surface area contributed by atoms with Crippen LogP contribution < -0.4 is 10.3 Å². The molecule has 31 heavy (non-hydrogen) atoms. The zero-order valence-corrected chi connectivity index (χ0v) is 17.7.